The van der Waals surface area contributed by atoms with Crippen LogP contribution in [-0.4, -0.2) is 47.2 Å². The van der Waals surface area contributed by atoms with Crippen LogP contribution in [0.5, 0.6) is 0 Å². The highest BCUT2D eigenvalue weighted by Crippen LogP contribution is 2.16. The summed E-state index contributed by atoms with van der Waals surface area (Å²) in [7, 11) is 0. The molecule has 1 aliphatic rings. The van der Waals surface area contributed by atoms with Crippen LogP contribution < -0.4 is 0 Å². The highest BCUT2D eigenvalue weighted by Gasteiger charge is 2.30. The summed E-state index contributed by atoms with van der Waals surface area (Å²) >= 11 is 0. The van der Waals surface area contributed by atoms with Gasteiger partial charge in [0.25, 0.3) is 0 Å². The lowest BCUT2D eigenvalue weighted by Gasteiger charge is -2.38. The third-order valence-corrected chi connectivity index (χ3v) is 2.46. The first-order valence-corrected chi connectivity index (χ1v) is 5.13. The zero-order valence-corrected chi connectivity index (χ0v) is 9.10. The van der Waals surface area contributed by atoms with Gasteiger partial charge in [0.2, 0.25) is 5.91 Å². The molecule has 86 valence electrons. The molecule has 1 aliphatic heterocycles. The minimum atomic E-state index is -0.836. The standard InChI is InChI=1S/C10H17NO4/c1-7(2)11-8(3-4-10(13)14)5-15-6-9(11)12/h7-8H,3-6H2,1-2H3,(H,13,14). The number of carboxylic acids is 1. The zero-order valence-electron chi connectivity index (χ0n) is 9.10. The molecule has 1 N–H and O–H groups in total. The number of amides is 1. The summed E-state index contributed by atoms with van der Waals surface area (Å²) in [5.74, 6) is -0.886. The molecule has 0 radical (unpaired) electrons. The van der Waals surface area contributed by atoms with Gasteiger partial charge in [-0.1, -0.05) is 0 Å². The molecule has 1 fully saturated rings. The Balaban J connectivity index is 2.58. The molecular formula is C10H17NO4. The van der Waals surface area contributed by atoms with Gasteiger partial charge in [-0.25, -0.2) is 0 Å². The molecule has 0 bridgehead atoms. The Morgan fingerprint density at radius 3 is 2.87 bits per heavy atom. The molecular weight excluding hydrogens is 198 g/mol. The molecule has 0 aromatic heterocycles. The lowest BCUT2D eigenvalue weighted by Crippen LogP contribution is -2.52. The van der Waals surface area contributed by atoms with E-state index in [1.807, 2.05) is 13.8 Å². The molecule has 0 saturated carbocycles. The summed E-state index contributed by atoms with van der Waals surface area (Å²) in [6.07, 6.45) is 0.532. The van der Waals surface area contributed by atoms with Gasteiger partial charge in [0.15, 0.2) is 0 Å². The molecule has 0 aromatic rings. The number of carboxylic acid groups (broad SMARTS) is 1. The summed E-state index contributed by atoms with van der Waals surface area (Å²) in [6, 6.07) is 0.00236. The van der Waals surface area contributed by atoms with Gasteiger partial charge in [-0.15, -0.1) is 0 Å². The van der Waals surface area contributed by atoms with Crippen molar-refractivity contribution in [3.8, 4) is 0 Å². The minimum absolute atomic E-state index is 0.0494. The maximum Gasteiger partial charge on any atom is 0.303 e. The lowest BCUT2D eigenvalue weighted by molar-refractivity contribution is -0.152. The minimum Gasteiger partial charge on any atom is -0.481 e. The third kappa shape index (κ3) is 3.20. The van der Waals surface area contributed by atoms with Crippen LogP contribution in [0, 0.1) is 0 Å². The molecule has 1 unspecified atom stereocenters. The van der Waals surface area contributed by atoms with Crippen LogP contribution in [-0.2, 0) is 14.3 Å². The summed E-state index contributed by atoms with van der Waals surface area (Å²) in [5.41, 5.74) is 0. The maximum atomic E-state index is 11.5. The van der Waals surface area contributed by atoms with Crippen molar-refractivity contribution < 1.29 is 19.4 Å². The predicted molar refractivity (Wildman–Crippen MR) is 53.5 cm³/mol. The first-order valence-electron chi connectivity index (χ1n) is 5.13. The first kappa shape index (κ1) is 12.0. The van der Waals surface area contributed by atoms with E-state index in [0.29, 0.717) is 13.0 Å². The Hall–Kier alpha value is -1.10. The van der Waals surface area contributed by atoms with Crippen molar-refractivity contribution in [2.75, 3.05) is 13.2 Å². The molecule has 0 spiro atoms. The maximum absolute atomic E-state index is 11.5. The molecule has 5 heteroatoms. The van der Waals surface area contributed by atoms with E-state index in [2.05, 4.69) is 0 Å². The average Bonchev–Trinajstić information content (AvgIpc) is 2.13. The van der Waals surface area contributed by atoms with Crippen LogP contribution in [0.15, 0.2) is 0 Å². The number of carbonyl (C=O) groups excluding carboxylic acids is 1. The van der Waals surface area contributed by atoms with Gasteiger partial charge in [-0.05, 0) is 20.3 Å². The van der Waals surface area contributed by atoms with E-state index in [1.165, 1.54) is 0 Å². The normalized spacial score (nSPS) is 22.2. The first-order chi connectivity index (χ1) is 7.02. The van der Waals surface area contributed by atoms with E-state index in [1.54, 1.807) is 4.90 Å². The third-order valence-electron chi connectivity index (χ3n) is 2.46. The Labute approximate surface area is 89.0 Å². The summed E-state index contributed by atoms with van der Waals surface area (Å²) < 4.78 is 5.12. The zero-order chi connectivity index (χ0) is 11.4. The number of hydrogen-bond acceptors (Lipinski definition) is 3. The smallest absolute Gasteiger partial charge is 0.303 e. The Morgan fingerprint density at radius 1 is 1.67 bits per heavy atom. The second kappa shape index (κ2) is 5.11. The van der Waals surface area contributed by atoms with Crippen molar-refractivity contribution in [1.82, 2.24) is 4.90 Å². The molecule has 1 saturated heterocycles. The van der Waals surface area contributed by atoms with Crippen LogP contribution >= 0.6 is 0 Å². The fraction of sp³-hybridized carbons (Fsp3) is 0.800. The van der Waals surface area contributed by atoms with Crippen molar-refractivity contribution in [2.24, 2.45) is 0 Å². The van der Waals surface area contributed by atoms with Crippen LogP contribution in [0.2, 0.25) is 0 Å². The lowest BCUT2D eigenvalue weighted by atomic mass is 10.1. The number of hydrogen-bond donors (Lipinski definition) is 1. The summed E-state index contributed by atoms with van der Waals surface area (Å²) in [4.78, 5) is 23.7. The number of nitrogens with zero attached hydrogens (tertiary/aromatic N) is 1. The molecule has 0 aliphatic carbocycles. The van der Waals surface area contributed by atoms with Gasteiger partial charge in [0.1, 0.15) is 6.61 Å². The molecule has 1 rings (SSSR count). The van der Waals surface area contributed by atoms with E-state index in [4.69, 9.17) is 9.84 Å². The molecule has 15 heavy (non-hydrogen) atoms. The SMILES string of the molecule is CC(C)N1C(=O)COCC1CCC(=O)O. The second-order valence-electron chi connectivity index (χ2n) is 4.00. The fourth-order valence-corrected chi connectivity index (χ4v) is 1.86. The highest BCUT2D eigenvalue weighted by atomic mass is 16.5. The fourth-order valence-electron chi connectivity index (χ4n) is 1.86. The van der Waals surface area contributed by atoms with Crippen molar-refractivity contribution >= 4 is 11.9 Å². The molecule has 1 amide bonds. The Morgan fingerprint density at radius 2 is 2.33 bits per heavy atom. The van der Waals surface area contributed by atoms with Gasteiger partial charge < -0.3 is 14.7 Å². The number of rotatable bonds is 4. The quantitative estimate of drug-likeness (QED) is 0.741. The van der Waals surface area contributed by atoms with Gasteiger partial charge in [0, 0.05) is 12.5 Å². The Kier molecular flexibility index (Phi) is 4.08. The molecule has 0 aromatic carbocycles. The van der Waals surface area contributed by atoms with Crippen molar-refractivity contribution in [1.29, 1.82) is 0 Å². The van der Waals surface area contributed by atoms with Crippen molar-refractivity contribution in [3.05, 3.63) is 0 Å². The molecule has 1 heterocycles. The van der Waals surface area contributed by atoms with Crippen LogP contribution in [0.1, 0.15) is 26.7 Å². The predicted octanol–water partition coefficient (Wildman–Crippen LogP) is 0.487. The van der Waals surface area contributed by atoms with E-state index >= 15 is 0 Å². The van der Waals surface area contributed by atoms with Crippen LogP contribution in [0.3, 0.4) is 0 Å². The number of aliphatic carboxylic acids is 1. The van der Waals surface area contributed by atoms with Gasteiger partial charge in [-0.2, -0.15) is 0 Å². The van der Waals surface area contributed by atoms with E-state index in [0.717, 1.165) is 0 Å². The average molecular weight is 215 g/mol. The number of ether oxygens (including phenoxy) is 1. The van der Waals surface area contributed by atoms with Gasteiger partial charge in [0.05, 0.1) is 12.6 Å². The molecule has 1 atom stereocenters. The van der Waals surface area contributed by atoms with E-state index < -0.39 is 5.97 Å². The summed E-state index contributed by atoms with van der Waals surface area (Å²) in [5, 5.41) is 8.59. The largest absolute Gasteiger partial charge is 0.481 e. The highest BCUT2D eigenvalue weighted by molar-refractivity contribution is 5.78. The second-order valence-corrected chi connectivity index (χ2v) is 4.00. The topological polar surface area (TPSA) is 66.8 Å². The van der Waals surface area contributed by atoms with E-state index in [9.17, 15) is 9.59 Å². The number of morpholine rings is 1. The monoisotopic (exact) mass is 215 g/mol. The van der Waals surface area contributed by atoms with Crippen LogP contribution in [0.25, 0.3) is 0 Å². The van der Waals surface area contributed by atoms with Gasteiger partial charge in [-0.3, -0.25) is 9.59 Å². The van der Waals surface area contributed by atoms with Crippen molar-refractivity contribution in [2.45, 2.75) is 38.8 Å². The Bertz CT molecular complexity index is 252. The molecule has 5 nitrogen and oxygen atoms in total. The number of carbonyl (C=O) groups is 2. The van der Waals surface area contributed by atoms with Gasteiger partial charge >= 0.3 is 5.97 Å². The summed E-state index contributed by atoms with van der Waals surface area (Å²) in [6.45, 7) is 4.41. The van der Waals surface area contributed by atoms with Crippen LogP contribution in [0.4, 0.5) is 0 Å². The van der Waals surface area contributed by atoms with E-state index in [-0.39, 0.29) is 31.0 Å². The van der Waals surface area contributed by atoms with Crippen molar-refractivity contribution in [3.63, 3.8) is 0 Å².